The minimum Gasteiger partial charge on any atom is -0.394 e. The average Bonchev–Trinajstić information content (AvgIpc) is 3.35. The number of rotatable bonds is 12. The van der Waals surface area contributed by atoms with Crippen LogP contribution in [0.25, 0.3) is 11.2 Å². The van der Waals surface area contributed by atoms with Crippen molar-refractivity contribution in [1.82, 2.24) is 24.8 Å². The molecular weight excluding hydrogens is 454 g/mol. The van der Waals surface area contributed by atoms with Crippen LogP contribution in [0.2, 0.25) is 0 Å². The number of carbonyl (C=O) groups is 1. The van der Waals surface area contributed by atoms with Crippen LogP contribution < -0.4 is 16.4 Å². The van der Waals surface area contributed by atoms with Crippen molar-refractivity contribution in [3.63, 3.8) is 0 Å². The summed E-state index contributed by atoms with van der Waals surface area (Å²) in [7, 11) is 0. The van der Waals surface area contributed by atoms with Gasteiger partial charge in [0.25, 0.3) is 0 Å². The molecule has 184 valence electrons. The van der Waals surface area contributed by atoms with E-state index in [0.29, 0.717) is 30.2 Å². The number of amides is 1. The molecule has 3 unspecified atom stereocenters. The lowest BCUT2D eigenvalue weighted by atomic mass is 10.1. The molecule has 13 nitrogen and oxygen atoms in total. The van der Waals surface area contributed by atoms with Crippen LogP contribution in [0.1, 0.15) is 31.9 Å². The number of carbonyl (C=O) groups excluding carboxylic acids is 1. The SMILES string of the molecule is NC(CO)C(=O)NCCCCCCNc1nc(=S)c2ncn([C@@H]3O[C@H](CO)C(O)C3O)c2[nH]1. The summed E-state index contributed by atoms with van der Waals surface area (Å²) in [6.07, 6.45) is 0.651. The summed E-state index contributed by atoms with van der Waals surface area (Å²) < 4.78 is 7.38. The molecule has 0 saturated carbocycles. The molecule has 0 aliphatic carbocycles. The van der Waals surface area contributed by atoms with Crippen molar-refractivity contribution in [3.05, 3.63) is 11.0 Å². The standard InChI is InChI=1S/C19H31N7O6S/c20-10(7-27)16(31)21-5-3-1-2-4-6-22-19-24-15-12(17(33)25-19)23-9-26(15)18-14(30)13(29)11(8-28)32-18/h9-11,13-14,18,27-30H,1-8,20H2,(H,21,31)(H2,22,24,25,33)/t10?,11-,13?,14?,18-/m1/s1. The summed E-state index contributed by atoms with van der Waals surface area (Å²) in [5.41, 5.74) is 6.33. The van der Waals surface area contributed by atoms with Gasteiger partial charge < -0.3 is 46.5 Å². The molecule has 0 radical (unpaired) electrons. The third-order valence-corrected chi connectivity index (χ3v) is 5.75. The normalized spacial score (nSPS) is 23.7. The molecule has 1 saturated heterocycles. The predicted octanol–water partition coefficient (Wildman–Crippen LogP) is -1.49. The first kappa shape index (κ1) is 25.4. The van der Waals surface area contributed by atoms with Crippen molar-refractivity contribution in [2.24, 2.45) is 5.73 Å². The number of aliphatic hydroxyl groups is 4. The van der Waals surface area contributed by atoms with Crippen LogP contribution >= 0.6 is 12.2 Å². The molecule has 0 spiro atoms. The number of anilines is 1. The number of aliphatic hydroxyl groups excluding tert-OH is 4. The molecule has 0 bridgehead atoms. The maximum Gasteiger partial charge on any atom is 0.239 e. The molecule has 3 heterocycles. The zero-order chi connectivity index (χ0) is 24.0. The minimum absolute atomic E-state index is 0.272. The van der Waals surface area contributed by atoms with E-state index in [1.54, 1.807) is 0 Å². The lowest BCUT2D eigenvalue weighted by Gasteiger charge is -2.17. The van der Waals surface area contributed by atoms with Gasteiger partial charge in [-0.05, 0) is 12.8 Å². The van der Waals surface area contributed by atoms with Gasteiger partial charge in [0.05, 0.1) is 19.5 Å². The number of fused-ring (bicyclic) bond motifs is 1. The predicted molar refractivity (Wildman–Crippen MR) is 121 cm³/mol. The van der Waals surface area contributed by atoms with Crippen LogP contribution in [0.4, 0.5) is 5.95 Å². The Hall–Kier alpha value is -2.20. The molecule has 1 fully saturated rings. The zero-order valence-corrected chi connectivity index (χ0v) is 18.9. The molecule has 3 rings (SSSR count). The van der Waals surface area contributed by atoms with E-state index in [1.165, 1.54) is 10.9 Å². The number of aromatic nitrogens is 4. The van der Waals surface area contributed by atoms with Gasteiger partial charge in [-0.25, -0.2) is 9.97 Å². The first-order chi connectivity index (χ1) is 15.9. The Morgan fingerprint density at radius 2 is 1.97 bits per heavy atom. The van der Waals surface area contributed by atoms with E-state index in [9.17, 15) is 20.1 Å². The summed E-state index contributed by atoms with van der Waals surface area (Å²) in [6.45, 7) is 0.346. The largest absolute Gasteiger partial charge is 0.394 e. The van der Waals surface area contributed by atoms with E-state index in [0.717, 1.165) is 25.7 Å². The Kier molecular flexibility index (Phi) is 9.08. The Morgan fingerprint density at radius 1 is 1.24 bits per heavy atom. The Labute approximate surface area is 195 Å². The van der Waals surface area contributed by atoms with Crippen LogP contribution in [0, 0.1) is 4.64 Å². The summed E-state index contributed by atoms with van der Waals surface area (Å²) in [4.78, 5) is 23.1. The Morgan fingerprint density at radius 3 is 2.64 bits per heavy atom. The molecule has 1 aliphatic heterocycles. The molecule has 9 N–H and O–H groups in total. The van der Waals surface area contributed by atoms with E-state index >= 15 is 0 Å². The number of nitrogens with one attached hydrogen (secondary N) is 3. The van der Waals surface area contributed by atoms with Crippen molar-refractivity contribution in [2.75, 3.05) is 31.6 Å². The average molecular weight is 486 g/mol. The maximum atomic E-state index is 11.5. The van der Waals surface area contributed by atoms with Crippen LogP contribution in [0.3, 0.4) is 0 Å². The molecule has 0 aromatic carbocycles. The number of unbranched alkanes of at least 4 members (excludes halogenated alkanes) is 3. The van der Waals surface area contributed by atoms with Crippen LogP contribution in [0.5, 0.6) is 0 Å². The lowest BCUT2D eigenvalue weighted by Crippen LogP contribution is -2.43. The van der Waals surface area contributed by atoms with Gasteiger partial charge in [0, 0.05) is 13.1 Å². The molecule has 2 aromatic rings. The fraction of sp³-hybridized carbons (Fsp3) is 0.684. The third-order valence-electron chi connectivity index (χ3n) is 5.47. The molecule has 2 aromatic heterocycles. The highest BCUT2D eigenvalue weighted by atomic mass is 32.1. The molecular formula is C19H31N7O6S. The monoisotopic (exact) mass is 485 g/mol. The van der Waals surface area contributed by atoms with Crippen molar-refractivity contribution in [1.29, 1.82) is 0 Å². The van der Waals surface area contributed by atoms with E-state index in [1.807, 2.05) is 0 Å². The molecule has 1 aliphatic rings. The highest BCUT2D eigenvalue weighted by molar-refractivity contribution is 7.71. The van der Waals surface area contributed by atoms with Gasteiger partial charge in [-0.3, -0.25) is 9.36 Å². The number of ether oxygens (including phenoxy) is 1. The number of nitrogens with two attached hydrogens (primary N) is 1. The first-order valence-corrected chi connectivity index (χ1v) is 11.3. The number of H-pyrrole nitrogens is 1. The number of nitrogens with zero attached hydrogens (tertiary/aromatic N) is 3. The van der Waals surface area contributed by atoms with Gasteiger partial charge in [0.1, 0.15) is 35.5 Å². The van der Waals surface area contributed by atoms with Crippen molar-refractivity contribution in [3.8, 4) is 0 Å². The third kappa shape index (κ3) is 6.03. The second-order valence-electron chi connectivity index (χ2n) is 7.89. The quantitative estimate of drug-likeness (QED) is 0.128. The second-order valence-corrected chi connectivity index (χ2v) is 8.28. The van der Waals surface area contributed by atoms with Crippen molar-refractivity contribution >= 4 is 35.2 Å². The van der Waals surface area contributed by atoms with Crippen LogP contribution in [-0.4, -0.2) is 96.5 Å². The second kappa shape index (κ2) is 11.8. The van der Waals surface area contributed by atoms with Crippen LogP contribution in [0.15, 0.2) is 6.33 Å². The summed E-state index contributed by atoms with van der Waals surface area (Å²) in [5, 5.41) is 44.3. The Balaban J connectivity index is 1.50. The van der Waals surface area contributed by atoms with Gasteiger partial charge in [0.15, 0.2) is 10.9 Å². The lowest BCUT2D eigenvalue weighted by molar-refractivity contribution is -0.123. The number of aromatic amines is 1. The van der Waals surface area contributed by atoms with Gasteiger partial charge in [-0.1, -0.05) is 25.1 Å². The topological polar surface area (TPSA) is 204 Å². The van der Waals surface area contributed by atoms with E-state index in [2.05, 4.69) is 25.6 Å². The summed E-state index contributed by atoms with van der Waals surface area (Å²) in [5.74, 6) is 0.0818. The fourth-order valence-electron chi connectivity index (χ4n) is 3.56. The highest BCUT2D eigenvalue weighted by Gasteiger charge is 2.43. The number of hydrogen-bond acceptors (Lipinski definition) is 11. The zero-order valence-electron chi connectivity index (χ0n) is 18.1. The first-order valence-electron chi connectivity index (χ1n) is 10.8. The highest BCUT2D eigenvalue weighted by Crippen LogP contribution is 2.31. The van der Waals surface area contributed by atoms with Crippen molar-refractivity contribution in [2.45, 2.75) is 56.3 Å². The Bertz CT molecular complexity index is 985. The van der Waals surface area contributed by atoms with E-state index in [4.69, 9.17) is 27.8 Å². The summed E-state index contributed by atoms with van der Waals surface area (Å²) in [6, 6.07) is -0.884. The minimum atomic E-state index is -1.24. The smallest absolute Gasteiger partial charge is 0.239 e. The molecule has 14 heteroatoms. The number of hydrogen-bond donors (Lipinski definition) is 8. The van der Waals surface area contributed by atoms with E-state index < -0.39 is 37.2 Å². The fourth-order valence-corrected chi connectivity index (χ4v) is 3.80. The van der Waals surface area contributed by atoms with E-state index in [-0.39, 0.29) is 17.2 Å². The van der Waals surface area contributed by atoms with Gasteiger partial charge in [-0.2, -0.15) is 0 Å². The van der Waals surface area contributed by atoms with Gasteiger partial charge >= 0.3 is 0 Å². The van der Waals surface area contributed by atoms with Crippen molar-refractivity contribution < 1.29 is 30.0 Å². The van der Waals surface area contributed by atoms with Gasteiger partial charge in [0.2, 0.25) is 11.9 Å². The molecule has 1 amide bonds. The number of imidazole rings is 1. The summed E-state index contributed by atoms with van der Waals surface area (Å²) >= 11 is 5.33. The molecule has 33 heavy (non-hydrogen) atoms. The maximum absolute atomic E-state index is 11.5. The van der Waals surface area contributed by atoms with Crippen LogP contribution in [-0.2, 0) is 9.53 Å². The van der Waals surface area contributed by atoms with Gasteiger partial charge in [-0.15, -0.1) is 0 Å². The molecule has 5 atom stereocenters.